The molecule has 0 atom stereocenters. The molecule has 0 aliphatic carbocycles. The summed E-state index contributed by atoms with van der Waals surface area (Å²) in [6.07, 6.45) is 2.07. The fraction of sp³-hybridized carbons (Fsp3) is 0.0588. The number of esters is 1. The van der Waals surface area contributed by atoms with Crippen molar-refractivity contribution >= 4 is 50.9 Å². The number of para-hydroxylation sites is 1. The molecule has 22 heavy (non-hydrogen) atoms. The van der Waals surface area contributed by atoms with E-state index in [-0.39, 0.29) is 5.97 Å². The molecule has 3 rings (SSSR count). The number of thiocarbonyl (C=S) groups is 1. The maximum Gasteiger partial charge on any atom is 0.337 e. The lowest BCUT2D eigenvalue weighted by Gasteiger charge is -2.20. The second-order valence-corrected chi connectivity index (χ2v) is 6.40. The molecule has 3 nitrogen and oxygen atoms in total. The number of carbonyl (C=O) groups excluding carboxylic acids is 1. The highest BCUT2D eigenvalue weighted by Gasteiger charge is 2.17. The van der Waals surface area contributed by atoms with E-state index in [2.05, 4.69) is 17.5 Å². The molecule has 0 radical (unpaired) electrons. The van der Waals surface area contributed by atoms with Crippen molar-refractivity contribution < 1.29 is 9.53 Å². The molecule has 0 bridgehead atoms. The number of ether oxygens (including phenoxy) is 1. The summed E-state index contributed by atoms with van der Waals surface area (Å²) in [5.41, 5.74) is 3.69. The molecule has 0 spiro atoms. The van der Waals surface area contributed by atoms with Crippen molar-refractivity contribution in [3.05, 3.63) is 65.2 Å². The lowest BCUT2D eigenvalue weighted by atomic mass is 10.1. The van der Waals surface area contributed by atoms with E-state index in [1.54, 1.807) is 12.1 Å². The standard InChI is InChI=1S/C17H13NO2S2/c1-20-16(19)12-8-6-11(7-9-12)10-15-13-4-2-3-5-14(13)18-17(21)22-15/h2-10H,1H3,(H,18,21)/b15-10-. The Hall–Kier alpha value is -2.11. The van der Waals surface area contributed by atoms with Gasteiger partial charge in [0.15, 0.2) is 0 Å². The average Bonchev–Trinajstić information content (AvgIpc) is 2.54. The monoisotopic (exact) mass is 327 g/mol. The summed E-state index contributed by atoms with van der Waals surface area (Å²) < 4.78 is 5.44. The molecule has 0 fully saturated rings. The third-order valence-electron chi connectivity index (χ3n) is 3.26. The van der Waals surface area contributed by atoms with Crippen LogP contribution in [0.15, 0.2) is 48.5 Å². The number of hydrogen-bond donors (Lipinski definition) is 1. The van der Waals surface area contributed by atoms with E-state index in [1.165, 1.54) is 18.9 Å². The van der Waals surface area contributed by atoms with Gasteiger partial charge in [-0.3, -0.25) is 0 Å². The smallest absolute Gasteiger partial charge is 0.337 e. The minimum Gasteiger partial charge on any atom is -0.465 e. The van der Waals surface area contributed by atoms with Gasteiger partial charge in [0.25, 0.3) is 0 Å². The predicted octanol–water partition coefficient (Wildman–Crippen LogP) is 4.41. The molecule has 2 aromatic rings. The second kappa shape index (κ2) is 6.34. The van der Waals surface area contributed by atoms with Crippen molar-refractivity contribution in [2.75, 3.05) is 12.4 Å². The van der Waals surface area contributed by atoms with E-state index in [4.69, 9.17) is 17.0 Å². The van der Waals surface area contributed by atoms with Gasteiger partial charge in [0, 0.05) is 16.2 Å². The summed E-state index contributed by atoms with van der Waals surface area (Å²) in [7, 11) is 1.38. The Labute approximate surface area is 138 Å². The lowest BCUT2D eigenvalue weighted by Crippen LogP contribution is -2.11. The number of anilines is 1. The lowest BCUT2D eigenvalue weighted by molar-refractivity contribution is 0.0601. The van der Waals surface area contributed by atoms with Crippen LogP contribution in [0.1, 0.15) is 21.5 Å². The zero-order valence-corrected chi connectivity index (χ0v) is 13.5. The number of carbonyl (C=O) groups is 1. The highest BCUT2D eigenvalue weighted by Crippen LogP contribution is 2.39. The van der Waals surface area contributed by atoms with Crippen LogP contribution >= 0.6 is 24.0 Å². The summed E-state index contributed by atoms with van der Waals surface area (Å²) in [5.74, 6) is -0.332. The van der Waals surface area contributed by atoms with Crippen LogP contribution in [0.3, 0.4) is 0 Å². The summed E-state index contributed by atoms with van der Waals surface area (Å²) in [6, 6.07) is 15.4. The van der Waals surface area contributed by atoms with Crippen molar-refractivity contribution in [3.63, 3.8) is 0 Å². The number of methoxy groups -OCH3 is 1. The molecule has 1 aliphatic rings. The molecule has 2 aromatic carbocycles. The van der Waals surface area contributed by atoms with Crippen molar-refractivity contribution in [2.24, 2.45) is 0 Å². The Morgan fingerprint density at radius 1 is 1.18 bits per heavy atom. The van der Waals surface area contributed by atoms with Gasteiger partial charge < -0.3 is 10.1 Å². The SMILES string of the molecule is COC(=O)c1ccc(/C=C2\SC(=S)Nc3ccccc32)cc1. The summed E-state index contributed by atoms with van der Waals surface area (Å²) in [6.45, 7) is 0. The van der Waals surface area contributed by atoms with Crippen molar-refractivity contribution in [3.8, 4) is 0 Å². The van der Waals surface area contributed by atoms with Gasteiger partial charge in [-0.25, -0.2) is 4.79 Å². The Bertz CT molecular complexity index is 766. The van der Waals surface area contributed by atoms with Gasteiger partial charge in [-0.05, 0) is 29.8 Å². The molecule has 0 unspecified atom stereocenters. The van der Waals surface area contributed by atoms with Crippen molar-refractivity contribution in [2.45, 2.75) is 0 Å². The van der Waals surface area contributed by atoms with Crippen LogP contribution in [-0.2, 0) is 4.74 Å². The van der Waals surface area contributed by atoms with E-state index in [9.17, 15) is 4.79 Å². The molecule has 0 saturated carbocycles. The number of benzene rings is 2. The molecule has 1 heterocycles. The zero-order chi connectivity index (χ0) is 15.5. The average molecular weight is 327 g/mol. The molecule has 5 heteroatoms. The number of thioether (sulfide) groups is 1. The first-order valence-corrected chi connectivity index (χ1v) is 7.88. The van der Waals surface area contributed by atoms with Crippen LogP contribution in [0.2, 0.25) is 0 Å². The predicted molar refractivity (Wildman–Crippen MR) is 95.9 cm³/mol. The number of hydrogen-bond acceptors (Lipinski definition) is 4. The third-order valence-corrected chi connectivity index (χ3v) is 4.46. The van der Waals surface area contributed by atoms with E-state index in [1.807, 2.05) is 30.3 Å². The normalized spacial score (nSPS) is 15.1. The number of fused-ring (bicyclic) bond motifs is 1. The maximum atomic E-state index is 11.5. The quantitative estimate of drug-likeness (QED) is 0.653. The van der Waals surface area contributed by atoms with Crippen LogP contribution in [0, 0.1) is 0 Å². The first-order chi connectivity index (χ1) is 10.7. The molecule has 0 aromatic heterocycles. The minimum atomic E-state index is -0.332. The number of rotatable bonds is 2. The van der Waals surface area contributed by atoms with Gasteiger partial charge in [0.05, 0.1) is 12.7 Å². The van der Waals surface area contributed by atoms with Gasteiger partial charge in [0.2, 0.25) is 0 Å². The Morgan fingerprint density at radius 2 is 1.91 bits per heavy atom. The van der Waals surface area contributed by atoms with Gasteiger partial charge in [0.1, 0.15) is 4.32 Å². The van der Waals surface area contributed by atoms with Crippen molar-refractivity contribution in [1.82, 2.24) is 0 Å². The molecule has 1 N–H and O–H groups in total. The summed E-state index contributed by atoms with van der Waals surface area (Å²) in [4.78, 5) is 12.5. The summed E-state index contributed by atoms with van der Waals surface area (Å²) >= 11 is 6.82. The highest BCUT2D eigenvalue weighted by molar-refractivity contribution is 8.29. The van der Waals surface area contributed by atoms with E-state index in [0.717, 1.165) is 26.0 Å². The fourth-order valence-corrected chi connectivity index (χ4v) is 3.41. The number of nitrogens with one attached hydrogen (secondary N) is 1. The molecule has 0 amide bonds. The van der Waals surface area contributed by atoms with Crippen LogP contribution in [0.25, 0.3) is 11.0 Å². The zero-order valence-electron chi connectivity index (χ0n) is 11.8. The second-order valence-electron chi connectivity index (χ2n) is 4.68. The van der Waals surface area contributed by atoms with Gasteiger partial charge in [-0.2, -0.15) is 0 Å². The molecule has 110 valence electrons. The van der Waals surface area contributed by atoms with Crippen molar-refractivity contribution in [1.29, 1.82) is 0 Å². The fourth-order valence-electron chi connectivity index (χ4n) is 2.19. The van der Waals surface area contributed by atoms with E-state index in [0.29, 0.717) is 5.56 Å². The van der Waals surface area contributed by atoms with E-state index >= 15 is 0 Å². The maximum absolute atomic E-state index is 11.5. The first kappa shape index (κ1) is 14.8. The largest absolute Gasteiger partial charge is 0.465 e. The summed E-state index contributed by atoms with van der Waals surface area (Å²) in [5, 5.41) is 3.20. The van der Waals surface area contributed by atoms with Gasteiger partial charge >= 0.3 is 5.97 Å². The Morgan fingerprint density at radius 3 is 2.64 bits per heavy atom. The van der Waals surface area contributed by atoms with Crippen LogP contribution < -0.4 is 5.32 Å². The van der Waals surface area contributed by atoms with Gasteiger partial charge in [-0.15, -0.1) is 0 Å². The Balaban J connectivity index is 1.95. The molecule has 0 saturated heterocycles. The highest BCUT2D eigenvalue weighted by atomic mass is 32.2. The third kappa shape index (κ3) is 3.05. The van der Waals surface area contributed by atoms with Crippen LogP contribution in [0.4, 0.5) is 5.69 Å². The molecular weight excluding hydrogens is 314 g/mol. The minimum absolute atomic E-state index is 0.332. The first-order valence-electron chi connectivity index (χ1n) is 6.65. The topological polar surface area (TPSA) is 38.3 Å². The van der Waals surface area contributed by atoms with Crippen LogP contribution in [0.5, 0.6) is 0 Å². The van der Waals surface area contributed by atoms with Crippen LogP contribution in [-0.4, -0.2) is 17.4 Å². The Kier molecular flexibility index (Phi) is 4.27. The molecule has 1 aliphatic heterocycles. The molecular formula is C17H13NO2S2. The van der Waals surface area contributed by atoms with Gasteiger partial charge in [-0.1, -0.05) is 54.3 Å². The van der Waals surface area contributed by atoms with E-state index < -0.39 is 0 Å².